The zero-order valence-corrected chi connectivity index (χ0v) is 19.1. The van der Waals surface area contributed by atoms with Crippen LogP contribution in [0.25, 0.3) is 0 Å². The van der Waals surface area contributed by atoms with Crippen molar-refractivity contribution in [1.82, 2.24) is 15.1 Å². The number of carboxylic acid groups (broad SMARTS) is 1. The quantitative estimate of drug-likeness (QED) is 0.719. The third-order valence-corrected chi connectivity index (χ3v) is 6.35. The Morgan fingerprint density at radius 1 is 1.13 bits per heavy atom. The Morgan fingerprint density at radius 2 is 1.77 bits per heavy atom. The van der Waals surface area contributed by atoms with Crippen molar-refractivity contribution in [3.63, 3.8) is 0 Å². The lowest BCUT2D eigenvalue weighted by atomic mass is 10.0. The summed E-state index contributed by atoms with van der Waals surface area (Å²) in [6.07, 6.45) is 2.04. The van der Waals surface area contributed by atoms with Gasteiger partial charge < -0.3 is 20.1 Å². The largest absolute Gasteiger partial charge is 0.497 e. The molecule has 2 N–H and O–H groups in total. The Bertz CT molecular complexity index is 754. The van der Waals surface area contributed by atoms with E-state index in [2.05, 4.69) is 27.2 Å². The minimum Gasteiger partial charge on any atom is -0.497 e. The molecule has 0 spiro atoms. The van der Waals surface area contributed by atoms with E-state index in [1.807, 2.05) is 12.1 Å². The van der Waals surface area contributed by atoms with Crippen molar-refractivity contribution < 1.29 is 19.4 Å². The first-order valence-electron chi connectivity index (χ1n) is 11.1. The number of carbonyl (C=O) groups is 2. The second-order valence-electron chi connectivity index (χ2n) is 9.50. The highest BCUT2D eigenvalue weighted by Gasteiger charge is 2.33. The molecule has 1 atom stereocenters. The summed E-state index contributed by atoms with van der Waals surface area (Å²) in [5, 5.41) is 12.4. The number of benzene rings is 1. The van der Waals surface area contributed by atoms with Gasteiger partial charge in [0.2, 0.25) is 5.91 Å². The molecule has 2 aliphatic heterocycles. The van der Waals surface area contributed by atoms with Gasteiger partial charge in [0.05, 0.1) is 7.11 Å². The molecule has 8 heteroatoms. The number of likely N-dealkylation sites (tertiary alicyclic amines) is 1. The second kappa shape index (κ2) is 9.77. The fourth-order valence-electron chi connectivity index (χ4n) is 4.53. The molecular weight excluding hydrogens is 396 g/mol. The summed E-state index contributed by atoms with van der Waals surface area (Å²) in [7, 11) is 1.68. The van der Waals surface area contributed by atoms with Gasteiger partial charge in [-0.25, -0.2) is 4.79 Å². The van der Waals surface area contributed by atoms with Crippen molar-refractivity contribution >= 4 is 17.7 Å². The van der Waals surface area contributed by atoms with Crippen molar-refractivity contribution in [2.75, 3.05) is 44.7 Å². The highest BCUT2D eigenvalue weighted by Crippen LogP contribution is 2.26. The highest BCUT2D eigenvalue weighted by atomic mass is 16.5. The predicted octanol–water partition coefficient (Wildman–Crippen LogP) is 2.63. The van der Waals surface area contributed by atoms with Crippen LogP contribution in [0.15, 0.2) is 24.3 Å². The van der Waals surface area contributed by atoms with Crippen LogP contribution in [0.4, 0.5) is 10.5 Å². The molecule has 1 aromatic rings. The Morgan fingerprint density at radius 3 is 2.32 bits per heavy atom. The van der Waals surface area contributed by atoms with E-state index >= 15 is 0 Å². The average molecular weight is 433 g/mol. The number of piperidine rings is 1. The molecule has 0 aromatic heterocycles. The Labute approximate surface area is 185 Å². The summed E-state index contributed by atoms with van der Waals surface area (Å²) >= 11 is 0. The van der Waals surface area contributed by atoms with Crippen LogP contribution >= 0.6 is 0 Å². The van der Waals surface area contributed by atoms with Gasteiger partial charge >= 0.3 is 6.09 Å². The number of hydrogen-bond acceptors (Lipinski definition) is 5. The summed E-state index contributed by atoms with van der Waals surface area (Å²) in [6, 6.07) is 8.84. The van der Waals surface area contributed by atoms with E-state index in [0.717, 1.165) is 51.2 Å². The van der Waals surface area contributed by atoms with Crippen LogP contribution in [-0.4, -0.2) is 84.4 Å². The zero-order chi connectivity index (χ0) is 22.6. The van der Waals surface area contributed by atoms with Gasteiger partial charge in [-0.05, 0) is 64.3 Å². The molecule has 0 aliphatic carbocycles. The third-order valence-electron chi connectivity index (χ3n) is 6.35. The lowest BCUT2D eigenvalue weighted by molar-refractivity contribution is -0.123. The normalized spacial score (nSPS) is 20.5. The minimum absolute atomic E-state index is 0.0859. The molecule has 2 saturated heterocycles. The SMILES string of the molecule is COc1ccc(N2CCC(N3CC[C@@H](NC(=O)CN(C(=O)O)C(C)(C)C)C3)CC2)cc1. The number of ether oxygens (including phenoxy) is 1. The molecule has 0 unspecified atom stereocenters. The number of hydrogen-bond donors (Lipinski definition) is 2. The first-order valence-corrected chi connectivity index (χ1v) is 11.1. The maximum Gasteiger partial charge on any atom is 0.408 e. The van der Waals surface area contributed by atoms with E-state index < -0.39 is 11.6 Å². The number of carbonyl (C=O) groups excluding carboxylic acids is 1. The number of amides is 2. The number of rotatable bonds is 6. The highest BCUT2D eigenvalue weighted by molar-refractivity contribution is 5.82. The van der Waals surface area contributed by atoms with Crippen LogP contribution < -0.4 is 15.0 Å². The summed E-state index contributed by atoms with van der Waals surface area (Å²) in [5.74, 6) is 0.649. The molecule has 31 heavy (non-hydrogen) atoms. The first-order chi connectivity index (χ1) is 14.7. The fraction of sp³-hybridized carbons (Fsp3) is 0.652. The van der Waals surface area contributed by atoms with Gasteiger partial charge in [-0.3, -0.25) is 14.6 Å². The summed E-state index contributed by atoms with van der Waals surface area (Å²) in [5.41, 5.74) is 0.621. The third kappa shape index (κ3) is 6.03. The lowest BCUT2D eigenvalue weighted by Crippen LogP contribution is -2.51. The van der Waals surface area contributed by atoms with Crippen LogP contribution in [-0.2, 0) is 4.79 Å². The topological polar surface area (TPSA) is 85.4 Å². The standard InChI is InChI=1S/C23H36N4O4/c1-23(2,3)27(22(29)30)16-21(28)24-17-9-12-26(15-17)19-10-13-25(14-11-19)18-5-7-20(31-4)8-6-18/h5-8,17,19H,9-16H2,1-4H3,(H,24,28)(H,29,30)/t17-/m1/s1. The van der Waals surface area contributed by atoms with Crippen molar-refractivity contribution in [1.29, 1.82) is 0 Å². The van der Waals surface area contributed by atoms with Crippen molar-refractivity contribution in [2.24, 2.45) is 0 Å². The van der Waals surface area contributed by atoms with Gasteiger partial charge in [0, 0.05) is 49.5 Å². The van der Waals surface area contributed by atoms with Crippen molar-refractivity contribution in [3.8, 4) is 5.75 Å². The minimum atomic E-state index is -1.07. The molecule has 8 nitrogen and oxygen atoms in total. The monoisotopic (exact) mass is 432 g/mol. The van der Waals surface area contributed by atoms with E-state index in [-0.39, 0.29) is 18.5 Å². The van der Waals surface area contributed by atoms with Crippen LogP contribution in [0, 0.1) is 0 Å². The molecular formula is C23H36N4O4. The van der Waals surface area contributed by atoms with E-state index in [1.165, 1.54) is 10.6 Å². The van der Waals surface area contributed by atoms with Gasteiger partial charge in [0.15, 0.2) is 0 Å². The molecule has 1 aromatic carbocycles. The Kier molecular flexibility index (Phi) is 7.30. The van der Waals surface area contributed by atoms with Gasteiger partial charge in [0.1, 0.15) is 12.3 Å². The molecule has 2 fully saturated rings. The van der Waals surface area contributed by atoms with Crippen molar-refractivity contribution in [2.45, 2.75) is 57.7 Å². The zero-order valence-electron chi connectivity index (χ0n) is 19.1. The summed E-state index contributed by atoms with van der Waals surface area (Å²) in [4.78, 5) is 30.0. The van der Waals surface area contributed by atoms with Crippen LogP contribution in [0.3, 0.4) is 0 Å². The van der Waals surface area contributed by atoms with Crippen LogP contribution in [0.2, 0.25) is 0 Å². The number of nitrogens with one attached hydrogen (secondary N) is 1. The van der Waals surface area contributed by atoms with E-state index in [9.17, 15) is 14.7 Å². The summed E-state index contributed by atoms with van der Waals surface area (Å²) < 4.78 is 5.24. The molecule has 0 radical (unpaired) electrons. The van der Waals surface area contributed by atoms with Crippen LogP contribution in [0.5, 0.6) is 5.75 Å². The van der Waals surface area contributed by atoms with Gasteiger partial charge in [-0.2, -0.15) is 0 Å². The molecule has 0 saturated carbocycles. The fourth-order valence-corrected chi connectivity index (χ4v) is 4.53. The number of nitrogens with zero attached hydrogens (tertiary/aromatic N) is 3. The molecule has 2 aliphatic rings. The Hall–Kier alpha value is -2.48. The predicted molar refractivity (Wildman–Crippen MR) is 121 cm³/mol. The van der Waals surface area contributed by atoms with Gasteiger partial charge in [0.25, 0.3) is 0 Å². The maximum atomic E-state index is 12.4. The molecule has 2 heterocycles. The molecule has 172 valence electrons. The number of anilines is 1. The van der Waals surface area contributed by atoms with Crippen molar-refractivity contribution in [3.05, 3.63) is 24.3 Å². The maximum absolute atomic E-state index is 12.4. The molecule has 0 bridgehead atoms. The lowest BCUT2D eigenvalue weighted by Gasteiger charge is -2.38. The van der Waals surface area contributed by atoms with E-state index in [0.29, 0.717) is 6.04 Å². The average Bonchev–Trinajstić information content (AvgIpc) is 3.19. The van der Waals surface area contributed by atoms with E-state index in [4.69, 9.17) is 4.74 Å². The van der Waals surface area contributed by atoms with Gasteiger partial charge in [-0.15, -0.1) is 0 Å². The number of methoxy groups -OCH3 is 1. The van der Waals surface area contributed by atoms with Gasteiger partial charge in [-0.1, -0.05) is 0 Å². The Balaban J connectivity index is 1.45. The summed E-state index contributed by atoms with van der Waals surface area (Å²) in [6.45, 7) is 9.10. The van der Waals surface area contributed by atoms with Crippen LogP contribution in [0.1, 0.15) is 40.0 Å². The second-order valence-corrected chi connectivity index (χ2v) is 9.50. The first kappa shape index (κ1) is 23.2. The van der Waals surface area contributed by atoms with E-state index in [1.54, 1.807) is 27.9 Å². The molecule has 3 rings (SSSR count). The molecule has 2 amide bonds. The smallest absolute Gasteiger partial charge is 0.408 e.